The van der Waals surface area contributed by atoms with E-state index in [-0.39, 0.29) is 0 Å². The predicted octanol–water partition coefficient (Wildman–Crippen LogP) is -18.7. The third-order valence-corrected chi connectivity index (χ3v) is 14.5. The molecule has 12 aliphatic heterocycles. The molecule has 16 heteroatoms. The lowest BCUT2D eigenvalue weighted by Crippen LogP contribution is -3.84. The zero-order chi connectivity index (χ0) is 14.9. The van der Waals surface area contributed by atoms with Gasteiger partial charge in [0.15, 0.2) is 0 Å². The van der Waals surface area contributed by atoms with Gasteiger partial charge < -0.3 is 37.8 Å². The Morgan fingerprint density at radius 1 is 0.250 bits per heavy atom. The Bertz CT molecular complexity index is 440. The second-order valence-electron chi connectivity index (χ2n) is 13.4. The van der Waals surface area contributed by atoms with Gasteiger partial charge in [-0.3, -0.25) is 0 Å². The molecular weight excluding hydrogens is 295 g/mol. The molecule has 0 atom stereocenters. The molecular formula is C8H32B8N8. The van der Waals surface area contributed by atoms with Crippen molar-refractivity contribution in [3.05, 3.63) is 0 Å². The van der Waals surface area contributed by atoms with Crippen LogP contribution >= 0.6 is 0 Å². The van der Waals surface area contributed by atoms with Crippen LogP contribution in [-0.4, -0.2) is 107 Å². The third-order valence-electron chi connectivity index (χ3n) is 14.5. The van der Waals surface area contributed by atoms with Crippen molar-refractivity contribution < 1.29 is 37.8 Å². The smallest absolute Gasteiger partial charge is 0.360 e. The van der Waals surface area contributed by atoms with E-state index in [1.54, 1.807) is 51.6 Å². The van der Waals surface area contributed by atoms with Crippen molar-refractivity contribution in [3.8, 4) is 0 Å². The number of nitrogens with one attached hydrogen (secondary N) is 8. The van der Waals surface area contributed by atoms with E-state index in [1.165, 1.54) is 0 Å². The van der Waals surface area contributed by atoms with Gasteiger partial charge in [0.05, 0.1) is 0 Å². The highest BCUT2D eigenvalue weighted by Crippen LogP contribution is 1.92. The van der Waals surface area contributed by atoms with Crippen LogP contribution in [0.25, 0.3) is 0 Å². The predicted molar refractivity (Wildman–Crippen MR) is 104 cm³/mol. The summed E-state index contributed by atoms with van der Waals surface area (Å²) in [5.74, 6) is 0. The molecule has 0 radical (unpaired) electrons. The van der Waals surface area contributed by atoms with Crippen molar-refractivity contribution in [3.63, 3.8) is 0 Å². The highest BCUT2D eigenvalue weighted by molar-refractivity contribution is 6.79. The molecule has 0 aliphatic carbocycles. The van der Waals surface area contributed by atoms with Crippen LogP contribution in [0.5, 0.6) is 0 Å². The Morgan fingerprint density at radius 2 is 0.375 bits per heavy atom. The largest absolute Gasteiger partial charge is 0.644 e. The van der Waals surface area contributed by atoms with Gasteiger partial charge >= 0.3 is 55.9 Å². The second kappa shape index (κ2) is 3.62. The summed E-state index contributed by atoms with van der Waals surface area (Å²) in [6, 6.07) is 0. The maximum Gasteiger partial charge on any atom is 0.360 e. The molecule has 0 aromatic carbocycles. The highest BCUT2D eigenvalue weighted by atomic mass is 15.5. The molecule has 12 rings (SSSR count). The first-order valence-corrected chi connectivity index (χ1v) is 12.5. The van der Waals surface area contributed by atoms with Crippen molar-refractivity contribution in [2.75, 3.05) is 51.6 Å². The molecule has 0 amide bonds. The van der Waals surface area contributed by atoms with Crippen LogP contribution in [0.1, 0.15) is 0 Å². The van der Waals surface area contributed by atoms with Crippen molar-refractivity contribution >= 4 is 55.9 Å². The standard InChI is InChI=1S/2C4H16B4N4/c2*1-5-10-2-6-9(1)7-3-11(5)8(10)4-12(6)7/h2*5-12H,1-4H2. The molecule has 8 N–H and O–H groups in total. The molecule has 8 nitrogen and oxygen atoms in total. The van der Waals surface area contributed by atoms with E-state index in [1.807, 2.05) is 0 Å². The summed E-state index contributed by atoms with van der Waals surface area (Å²) in [6.45, 7) is 2.39. The fraction of sp³-hybridized carbons (Fsp3) is 1.00. The highest BCUT2D eigenvalue weighted by Gasteiger charge is 2.68. The van der Waals surface area contributed by atoms with E-state index in [2.05, 4.69) is 37.8 Å². The summed E-state index contributed by atoms with van der Waals surface area (Å²) in [5, 5.41) is 0. The van der Waals surface area contributed by atoms with E-state index in [0.717, 1.165) is 0 Å². The van der Waals surface area contributed by atoms with Gasteiger partial charge in [0.1, 0.15) is 0 Å². The van der Waals surface area contributed by atoms with Crippen LogP contribution in [0.4, 0.5) is 0 Å². The minimum atomic E-state index is 0.299. The van der Waals surface area contributed by atoms with Crippen LogP contribution in [0, 0.1) is 0 Å². The number of rotatable bonds is 0. The van der Waals surface area contributed by atoms with Crippen LogP contribution in [-0.2, 0) is 0 Å². The second-order valence-corrected chi connectivity index (χ2v) is 13.4. The summed E-state index contributed by atoms with van der Waals surface area (Å²) < 4.78 is 17.5. The summed E-state index contributed by atoms with van der Waals surface area (Å²) >= 11 is 0. The van der Waals surface area contributed by atoms with E-state index < -0.39 is 0 Å². The van der Waals surface area contributed by atoms with Gasteiger partial charge in [-0.05, 0) is 51.6 Å². The van der Waals surface area contributed by atoms with Gasteiger partial charge in [-0.25, -0.2) is 0 Å². The van der Waals surface area contributed by atoms with E-state index >= 15 is 0 Å². The van der Waals surface area contributed by atoms with Crippen molar-refractivity contribution in [1.29, 1.82) is 0 Å². The van der Waals surface area contributed by atoms with Crippen LogP contribution in [0.3, 0.4) is 0 Å². The van der Waals surface area contributed by atoms with Gasteiger partial charge in [0, 0.05) is 0 Å². The fourth-order valence-corrected chi connectivity index (χ4v) is 14.1. The maximum atomic E-state index is 2.19. The van der Waals surface area contributed by atoms with Crippen molar-refractivity contribution in [1.82, 2.24) is 0 Å². The lowest BCUT2D eigenvalue weighted by Gasteiger charge is -2.89. The summed E-state index contributed by atoms with van der Waals surface area (Å²) in [6.07, 6.45) is 13.4. The van der Waals surface area contributed by atoms with Gasteiger partial charge in [0.2, 0.25) is 0 Å². The first-order valence-electron chi connectivity index (χ1n) is 12.5. The van der Waals surface area contributed by atoms with Crippen molar-refractivity contribution in [2.45, 2.75) is 0 Å². The SMILES string of the molecule is C1[BH-]2[NH+]3C[BH-]4[NH+]1[BH-]1C[NH+]2[BH-]3C[NH+]41.C1[BH-]2[NH+]3C[BH-]4[NH+]1[BH-]1C[NH+]2[BH-]3C[NH+]41. The molecule has 0 spiro atoms. The van der Waals surface area contributed by atoms with Gasteiger partial charge in [-0.1, -0.05) is 0 Å². The van der Waals surface area contributed by atoms with Crippen LogP contribution < -0.4 is 37.8 Å². The molecule has 0 unspecified atom stereocenters. The van der Waals surface area contributed by atoms with Crippen LogP contribution in [0.2, 0.25) is 0 Å². The van der Waals surface area contributed by atoms with E-state index in [0.29, 0.717) is 55.9 Å². The monoisotopic (exact) mass is 328 g/mol. The number of hydrogen-bond acceptors (Lipinski definition) is 0. The third kappa shape index (κ3) is 1.08. The molecule has 12 fully saturated rings. The Morgan fingerprint density at radius 3 is 0.500 bits per heavy atom. The first-order chi connectivity index (χ1) is 11.9. The van der Waals surface area contributed by atoms with Gasteiger partial charge in [0.25, 0.3) is 0 Å². The first kappa shape index (κ1) is 12.6. The topological polar surface area (TPSA) is 35.5 Å². The molecule has 0 aromatic heterocycles. The molecule has 12 heterocycles. The fourth-order valence-electron chi connectivity index (χ4n) is 14.1. The molecule has 12 aliphatic rings. The Hall–Kier alpha value is 0.199. The summed E-state index contributed by atoms with van der Waals surface area (Å²) in [5.41, 5.74) is 0. The maximum absolute atomic E-state index is 2.19. The lowest BCUT2D eigenvalue weighted by molar-refractivity contribution is -1.05. The van der Waals surface area contributed by atoms with E-state index in [9.17, 15) is 0 Å². The quantitative estimate of drug-likeness (QED) is 0.204. The average molecular weight is 327 g/mol. The molecule has 16 bridgehead atoms. The minimum absolute atomic E-state index is 0.299. The molecule has 128 valence electrons. The molecule has 24 heavy (non-hydrogen) atoms. The van der Waals surface area contributed by atoms with E-state index in [4.69, 9.17) is 0 Å². The van der Waals surface area contributed by atoms with Crippen LogP contribution in [0.15, 0.2) is 0 Å². The molecule has 0 aromatic rings. The Labute approximate surface area is 145 Å². The van der Waals surface area contributed by atoms with Crippen molar-refractivity contribution in [2.24, 2.45) is 0 Å². The normalized spacial score (nSPS) is 80.0. The van der Waals surface area contributed by atoms with Gasteiger partial charge in [-0.15, -0.1) is 0 Å². The zero-order valence-electron chi connectivity index (χ0n) is 15.3. The minimum Gasteiger partial charge on any atom is -0.644 e. The lowest BCUT2D eigenvalue weighted by atomic mass is 9.21. The zero-order valence-corrected chi connectivity index (χ0v) is 15.3. The Balaban J connectivity index is 0.0000000853. The molecule has 12 saturated heterocycles. The summed E-state index contributed by atoms with van der Waals surface area (Å²) in [7, 11) is 0. The molecule has 0 saturated carbocycles. The summed E-state index contributed by atoms with van der Waals surface area (Å²) in [4.78, 5) is 0. The average Bonchev–Trinajstić information content (AvgIpc) is 2.49. The number of hydrogen-bond donors (Lipinski definition) is 8. The Kier molecular flexibility index (Phi) is 1.89. The number of quaternary nitrogens is 8. The van der Waals surface area contributed by atoms with Gasteiger partial charge in [-0.2, -0.15) is 0 Å².